The summed E-state index contributed by atoms with van der Waals surface area (Å²) in [5.41, 5.74) is 0. The van der Waals surface area contributed by atoms with Gasteiger partial charge in [-0.25, -0.2) is 0 Å². The highest BCUT2D eigenvalue weighted by Crippen LogP contribution is 2.23. The van der Waals surface area contributed by atoms with Gasteiger partial charge in [-0.15, -0.1) is 0 Å². The van der Waals surface area contributed by atoms with Crippen molar-refractivity contribution in [3.8, 4) is 0 Å². The van der Waals surface area contributed by atoms with E-state index in [1.165, 1.54) is 295 Å². The Hall–Kier alpha value is -1.59. The van der Waals surface area contributed by atoms with Crippen LogP contribution in [0, 0.1) is 0 Å². The lowest BCUT2D eigenvalue weighted by molar-refractivity contribution is -0.302. The zero-order valence-corrected chi connectivity index (χ0v) is 53.6. The van der Waals surface area contributed by atoms with E-state index >= 15 is 0 Å². The van der Waals surface area contributed by atoms with Gasteiger partial charge in [0.15, 0.2) is 6.29 Å². The quantitative estimate of drug-likeness (QED) is 0.0261. The number of carbonyl (C=O) groups is 1. The Morgan fingerprint density at radius 1 is 0.407 bits per heavy atom. The molecule has 0 aromatic heterocycles. The third-order valence-electron chi connectivity index (χ3n) is 17.2. The van der Waals surface area contributed by atoms with Gasteiger partial charge in [-0.3, -0.25) is 4.79 Å². The predicted octanol–water partition coefficient (Wildman–Crippen LogP) is 19.4. The Kier molecular flexibility index (Phi) is 58.8. The van der Waals surface area contributed by atoms with E-state index in [-0.39, 0.29) is 12.5 Å². The fraction of sp³-hybridized carbons (Fsp3) is 0.903. The average molecular weight is 1140 g/mol. The first-order valence-corrected chi connectivity index (χ1v) is 35.7. The van der Waals surface area contributed by atoms with Gasteiger partial charge >= 0.3 is 0 Å². The molecule has 478 valence electrons. The molecule has 0 aliphatic carbocycles. The highest BCUT2D eigenvalue weighted by atomic mass is 16.7. The zero-order valence-electron chi connectivity index (χ0n) is 53.6. The van der Waals surface area contributed by atoms with Crippen LogP contribution in [-0.2, 0) is 14.3 Å². The Morgan fingerprint density at radius 3 is 1.04 bits per heavy atom. The van der Waals surface area contributed by atoms with Crippen molar-refractivity contribution in [1.29, 1.82) is 0 Å². The summed E-state index contributed by atoms with van der Waals surface area (Å²) in [5, 5.41) is 54.7. The first kappa shape index (κ1) is 77.4. The molecular weight excluding hydrogens is 1010 g/mol. The minimum Gasteiger partial charge on any atom is -0.394 e. The molecule has 1 heterocycles. The van der Waals surface area contributed by atoms with Crippen LogP contribution < -0.4 is 5.32 Å². The van der Waals surface area contributed by atoms with Gasteiger partial charge in [0.25, 0.3) is 0 Å². The maximum Gasteiger partial charge on any atom is 0.220 e. The number of aliphatic hydroxyl groups excluding tert-OH is 5. The van der Waals surface area contributed by atoms with Crippen molar-refractivity contribution >= 4 is 5.91 Å². The molecule has 1 aliphatic heterocycles. The van der Waals surface area contributed by atoms with Gasteiger partial charge in [-0.2, -0.15) is 0 Å². The molecule has 1 amide bonds. The summed E-state index contributed by atoms with van der Waals surface area (Å²) in [6, 6.07) is -0.828. The molecule has 9 heteroatoms. The average Bonchev–Trinajstić information content (AvgIpc) is 3.47. The SMILES string of the molecule is CCCCCCCCCCCCCCCCCCCCCCC/C=C/CC/C=C/CC/C=C/C(O)C(COC1OC(CO)C(O)C(O)C1O)NC(=O)CCCCCCCCCCCCCCCCCCCCCCCCCCCCC. The summed E-state index contributed by atoms with van der Waals surface area (Å²) < 4.78 is 11.3. The highest BCUT2D eigenvalue weighted by molar-refractivity contribution is 5.76. The van der Waals surface area contributed by atoms with Gasteiger partial charge in [0, 0.05) is 6.42 Å². The number of aliphatic hydroxyl groups is 5. The van der Waals surface area contributed by atoms with Crippen LogP contribution in [0.15, 0.2) is 36.5 Å². The van der Waals surface area contributed by atoms with Crippen molar-refractivity contribution in [2.45, 2.75) is 403 Å². The number of carbonyl (C=O) groups excluding carboxylic acids is 1. The smallest absolute Gasteiger partial charge is 0.220 e. The Balaban J connectivity index is 2.15. The molecule has 1 aliphatic rings. The molecule has 0 aromatic rings. The van der Waals surface area contributed by atoms with Gasteiger partial charge < -0.3 is 40.3 Å². The molecule has 0 spiro atoms. The van der Waals surface area contributed by atoms with Gasteiger partial charge in [-0.1, -0.05) is 346 Å². The lowest BCUT2D eigenvalue weighted by Crippen LogP contribution is -2.60. The van der Waals surface area contributed by atoms with E-state index < -0.39 is 49.5 Å². The van der Waals surface area contributed by atoms with Crippen LogP contribution in [0.1, 0.15) is 361 Å². The molecule has 1 rings (SSSR count). The number of allylic oxidation sites excluding steroid dienone is 5. The van der Waals surface area contributed by atoms with Crippen LogP contribution in [0.25, 0.3) is 0 Å². The molecule has 7 atom stereocenters. The minimum absolute atomic E-state index is 0.183. The topological polar surface area (TPSA) is 149 Å². The van der Waals surface area contributed by atoms with Crippen molar-refractivity contribution in [3.05, 3.63) is 36.5 Å². The van der Waals surface area contributed by atoms with E-state index in [0.717, 1.165) is 44.9 Å². The number of hydrogen-bond acceptors (Lipinski definition) is 8. The molecule has 1 fully saturated rings. The number of unbranched alkanes of at least 4 members (excludes halogenated alkanes) is 49. The summed E-state index contributed by atoms with van der Waals surface area (Å²) in [5.74, 6) is -0.183. The van der Waals surface area contributed by atoms with Crippen molar-refractivity contribution in [3.63, 3.8) is 0 Å². The number of hydrogen-bond donors (Lipinski definition) is 6. The van der Waals surface area contributed by atoms with E-state index in [2.05, 4.69) is 43.5 Å². The molecule has 1 saturated heterocycles. The number of ether oxygens (including phenoxy) is 2. The van der Waals surface area contributed by atoms with Crippen LogP contribution in [0.2, 0.25) is 0 Å². The van der Waals surface area contributed by atoms with Gasteiger partial charge in [0.05, 0.1) is 25.4 Å². The second-order valence-corrected chi connectivity index (χ2v) is 25.0. The fourth-order valence-corrected chi connectivity index (χ4v) is 11.6. The third kappa shape index (κ3) is 50.3. The van der Waals surface area contributed by atoms with Crippen molar-refractivity contribution in [2.24, 2.45) is 0 Å². The molecule has 7 unspecified atom stereocenters. The Bertz CT molecular complexity index is 1370. The lowest BCUT2D eigenvalue weighted by atomic mass is 9.99. The van der Waals surface area contributed by atoms with Crippen LogP contribution in [-0.4, -0.2) is 87.5 Å². The molecule has 81 heavy (non-hydrogen) atoms. The predicted molar refractivity (Wildman–Crippen MR) is 346 cm³/mol. The first-order chi connectivity index (χ1) is 39.8. The van der Waals surface area contributed by atoms with Gasteiger partial charge in [0.2, 0.25) is 5.91 Å². The van der Waals surface area contributed by atoms with E-state index in [4.69, 9.17) is 9.47 Å². The summed E-state index contributed by atoms with van der Waals surface area (Å²) in [4.78, 5) is 13.1. The van der Waals surface area contributed by atoms with Crippen molar-refractivity contribution in [2.75, 3.05) is 13.2 Å². The van der Waals surface area contributed by atoms with E-state index in [1.54, 1.807) is 6.08 Å². The Morgan fingerprint density at radius 2 is 0.704 bits per heavy atom. The largest absolute Gasteiger partial charge is 0.394 e. The maximum atomic E-state index is 13.1. The monoisotopic (exact) mass is 1140 g/mol. The third-order valence-corrected chi connectivity index (χ3v) is 17.2. The normalized spacial score (nSPS) is 18.5. The van der Waals surface area contributed by atoms with Gasteiger partial charge in [-0.05, 0) is 44.9 Å². The summed E-state index contributed by atoms with van der Waals surface area (Å²) in [6.07, 6.45) is 75.5. The van der Waals surface area contributed by atoms with Crippen LogP contribution in [0.5, 0.6) is 0 Å². The highest BCUT2D eigenvalue weighted by Gasteiger charge is 2.44. The summed E-state index contributed by atoms with van der Waals surface area (Å²) in [6.45, 7) is 3.82. The van der Waals surface area contributed by atoms with E-state index in [0.29, 0.717) is 6.42 Å². The summed E-state index contributed by atoms with van der Waals surface area (Å²) in [7, 11) is 0. The van der Waals surface area contributed by atoms with Crippen molar-refractivity contribution < 1.29 is 39.8 Å². The van der Waals surface area contributed by atoms with E-state index in [1.807, 2.05) is 6.08 Å². The second kappa shape index (κ2) is 61.5. The van der Waals surface area contributed by atoms with Crippen LogP contribution in [0.4, 0.5) is 0 Å². The van der Waals surface area contributed by atoms with Gasteiger partial charge in [0.1, 0.15) is 24.4 Å². The number of rotatable bonds is 63. The fourth-order valence-electron chi connectivity index (χ4n) is 11.6. The molecule has 0 saturated carbocycles. The summed E-state index contributed by atoms with van der Waals surface area (Å²) >= 11 is 0. The molecule has 0 aromatic carbocycles. The number of amides is 1. The lowest BCUT2D eigenvalue weighted by Gasteiger charge is -2.40. The number of nitrogens with one attached hydrogen (secondary N) is 1. The van der Waals surface area contributed by atoms with Crippen molar-refractivity contribution in [1.82, 2.24) is 5.32 Å². The van der Waals surface area contributed by atoms with E-state index in [9.17, 15) is 30.3 Å². The molecule has 0 bridgehead atoms. The molecule has 6 N–H and O–H groups in total. The van der Waals surface area contributed by atoms with Crippen LogP contribution >= 0.6 is 0 Å². The molecular formula is C72H137NO8. The molecule has 9 nitrogen and oxygen atoms in total. The zero-order chi connectivity index (χ0) is 58.6. The minimum atomic E-state index is -1.57. The maximum absolute atomic E-state index is 13.1. The second-order valence-electron chi connectivity index (χ2n) is 25.0. The van der Waals surface area contributed by atoms with Crippen LogP contribution in [0.3, 0.4) is 0 Å². The molecule has 0 radical (unpaired) electrons. The Labute approximate surface area is 501 Å². The first-order valence-electron chi connectivity index (χ1n) is 35.7. The standard InChI is InChI=1S/C72H137NO8/c1-3-5-7-9-11-13-15-17-19-21-23-25-27-29-31-32-33-34-36-37-39-41-43-45-47-49-51-53-55-57-59-61-66(75)65(64-80-72-71(79)70(78)69(77)67(63-74)81-72)73-68(76)62-60-58-56-54-52-50-48-46-44-42-40-38-35-30-28-26-24-22-20-18-16-14-12-10-8-6-4-2/h43,45,51,53,59,61,65-67,69-72,74-75,77-79H,3-42,44,46-50,52,54-58,60,62-64H2,1-2H3,(H,73,76)/b45-43+,53-51+,61-59+.